The van der Waals surface area contributed by atoms with Crippen molar-refractivity contribution in [2.45, 2.75) is 39.5 Å². The van der Waals surface area contributed by atoms with Crippen LogP contribution in [0.1, 0.15) is 49.9 Å². The molecule has 0 fully saturated rings. The first-order chi connectivity index (χ1) is 11.0. The molecule has 0 saturated carbocycles. The number of amides is 3. The normalized spacial score (nSPS) is 16.1. The second kappa shape index (κ2) is 7.40. The minimum Gasteiger partial charge on any atom is -0.332 e. The average molecular weight is 316 g/mol. The van der Waals surface area contributed by atoms with Gasteiger partial charge in [0.25, 0.3) is 11.8 Å². The highest BCUT2D eigenvalue weighted by molar-refractivity contribution is 6.21. The van der Waals surface area contributed by atoms with Gasteiger partial charge in [0.15, 0.2) is 0 Å². The Morgan fingerprint density at radius 2 is 1.91 bits per heavy atom. The topological polar surface area (TPSA) is 57.7 Å². The molecule has 3 amide bonds. The lowest BCUT2D eigenvalue weighted by molar-refractivity contribution is -0.129. The van der Waals surface area contributed by atoms with Gasteiger partial charge in [0.2, 0.25) is 5.91 Å². The molecular formula is C18H24N2O3. The van der Waals surface area contributed by atoms with Crippen molar-refractivity contribution in [3.05, 3.63) is 29.8 Å². The van der Waals surface area contributed by atoms with Gasteiger partial charge in [0, 0.05) is 13.0 Å². The minimum atomic E-state index is -0.342. The van der Waals surface area contributed by atoms with Gasteiger partial charge in [-0.2, -0.15) is 0 Å². The van der Waals surface area contributed by atoms with Crippen LogP contribution in [0, 0.1) is 5.92 Å². The second-order valence-electron chi connectivity index (χ2n) is 5.99. The van der Waals surface area contributed by atoms with Gasteiger partial charge in [-0.15, -0.1) is 0 Å². The molecule has 1 aliphatic heterocycles. The average Bonchev–Trinajstić information content (AvgIpc) is 2.64. The van der Waals surface area contributed by atoms with Gasteiger partial charge in [0.1, 0.15) is 6.54 Å². The van der Waals surface area contributed by atoms with E-state index in [0.717, 1.165) is 19.3 Å². The summed E-state index contributed by atoms with van der Waals surface area (Å²) in [7, 11) is 1.58. The second-order valence-corrected chi connectivity index (χ2v) is 5.99. The van der Waals surface area contributed by atoms with Gasteiger partial charge in [-0.25, -0.2) is 4.90 Å². The van der Waals surface area contributed by atoms with Crippen molar-refractivity contribution in [2.24, 2.45) is 5.92 Å². The number of nitrogens with zero attached hydrogens (tertiary/aromatic N) is 2. The predicted molar refractivity (Wildman–Crippen MR) is 89.2 cm³/mol. The van der Waals surface area contributed by atoms with Crippen molar-refractivity contribution < 1.29 is 14.4 Å². The molecule has 1 aliphatic rings. The predicted octanol–water partition coefficient (Wildman–Crippen LogP) is 2.85. The van der Waals surface area contributed by atoms with Gasteiger partial charge in [0.05, 0.1) is 11.3 Å². The van der Waals surface area contributed by atoms with E-state index in [4.69, 9.17) is 0 Å². The van der Waals surface area contributed by atoms with Crippen LogP contribution in [0.25, 0.3) is 0 Å². The van der Waals surface area contributed by atoms with Crippen LogP contribution in [-0.2, 0) is 9.59 Å². The minimum absolute atomic E-state index is 0.0799. The summed E-state index contributed by atoms with van der Waals surface area (Å²) in [5.41, 5.74) is 0.811. The Hall–Kier alpha value is -2.17. The number of fused-ring (bicyclic) bond motifs is 1. The zero-order valence-electron chi connectivity index (χ0n) is 14.0. The van der Waals surface area contributed by atoms with Crippen LogP contribution in [0.15, 0.2) is 24.3 Å². The van der Waals surface area contributed by atoms with Crippen molar-refractivity contribution in [3.63, 3.8) is 0 Å². The summed E-state index contributed by atoms with van der Waals surface area (Å²) in [4.78, 5) is 40.5. The molecule has 1 aromatic carbocycles. The first kappa shape index (κ1) is 17.2. The fraction of sp³-hybridized carbons (Fsp3) is 0.500. The van der Waals surface area contributed by atoms with E-state index < -0.39 is 0 Å². The summed E-state index contributed by atoms with van der Waals surface area (Å²) in [6.45, 7) is 3.96. The molecule has 2 rings (SSSR count). The van der Waals surface area contributed by atoms with E-state index in [2.05, 4.69) is 6.92 Å². The Kier molecular flexibility index (Phi) is 5.53. The summed E-state index contributed by atoms with van der Waals surface area (Å²) >= 11 is 0. The monoisotopic (exact) mass is 316 g/mol. The van der Waals surface area contributed by atoms with Crippen LogP contribution in [0.3, 0.4) is 0 Å². The molecule has 0 aliphatic carbocycles. The fourth-order valence-corrected chi connectivity index (χ4v) is 2.91. The molecule has 0 aromatic heterocycles. The molecule has 0 N–H and O–H groups in total. The van der Waals surface area contributed by atoms with E-state index in [1.165, 1.54) is 9.80 Å². The third kappa shape index (κ3) is 3.44. The van der Waals surface area contributed by atoms with Crippen LogP contribution >= 0.6 is 0 Å². The Labute approximate surface area is 137 Å². The third-order valence-corrected chi connectivity index (χ3v) is 4.31. The van der Waals surface area contributed by atoms with Crippen LogP contribution < -0.4 is 4.90 Å². The standard InChI is InChI=1S/C18H24N2O3/c1-4-6-9-13(5-2)17(22)20-15-11-8-7-10-14(15)18(23)19(3)12-16(20)21/h7-8,10-11,13H,4-6,9,12H2,1-3H3/t13-/m0/s1. The van der Waals surface area contributed by atoms with E-state index in [0.29, 0.717) is 17.7 Å². The van der Waals surface area contributed by atoms with Gasteiger partial charge < -0.3 is 4.90 Å². The number of benzene rings is 1. The smallest absolute Gasteiger partial charge is 0.256 e. The van der Waals surface area contributed by atoms with Crippen molar-refractivity contribution in [3.8, 4) is 0 Å². The first-order valence-corrected chi connectivity index (χ1v) is 8.22. The number of para-hydroxylation sites is 1. The molecular weight excluding hydrogens is 292 g/mol. The summed E-state index contributed by atoms with van der Waals surface area (Å²) in [6, 6.07) is 6.84. The first-order valence-electron chi connectivity index (χ1n) is 8.22. The van der Waals surface area contributed by atoms with Gasteiger partial charge in [-0.05, 0) is 25.0 Å². The van der Waals surface area contributed by atoms with E-state index in [1.54, 1.807) is 31.3 Å². The lowest BCUT2D eigenvalue weighted by Crippen LogP contribution is -2.44. The quantitative estimate of drug-likeness (QED) is 0.839. The summed E-state index contributed by atoms with van der Waals surface area (Å²) in [5, 5.41) is 0. The molecule has 5 nitrogen and oxygen atoms in total. The molecule has 1 aromatic rings. The van der Waals surface area contributed by atoms with Crippen LogP contribution in [0.5, 0.6) is 0 Å². The van der Waals surface area contributed by atoms with Gasteiger partial charge in [-0.1, -0.05) is 38.8 Å². The number of imide groups is 1. The molecule has 0 radical (unpaired) electrons. The van der Waals surface area contributed by atoms with Crippen molar-refractivity contribution in [2.75, 3.05) is 18.5 Å². The maximum absolute atomic E-state index is 12.9. The number of unbranched alkanes of at least 4 members (excludes halogenated alkanes) is 1. The number of hydrogen-bond acceptors (Lipinski definition) is 3. The molecule has 1 atom stereocenters. The zero-order chi connectivity index (χ0) is 17.0. The van der Waals surface area contributed by atoms with E-state index >= 15 is 0 Å². The number of hydrogen-bond donors (Lipinski definition) is 0. The number of likely N-dealkylation sites (N-methyl/N-ethyl adjacent to an activating group) is 1. The molecule has 0 bridgehead atoms. The highest BCUT2D eigenvalue weighted by Crippen LogP contribution is 2.28. The third-order valence-electron chi connectivity index (χ3n) is 4.31. The SMILES string of the molecule is CCCC[C@H](CC)C(=O)N1C(=O)CN(C)C(=O)c2ccccc21. The summed E-state index contributed by atoms with van der Waals surface area (Å²) < 4.78 is 0. The molecule has 1 heterocycles. The van der Waals surface area contributed by atoms with Crippen molar-refractivity contribution >= 4 is 23.4 Å². The number of rotatable bonds is 5. The Morgan fingerprint density at radius 1 is 1.22 bits per heavy atom. The molecule has 5 heteroatoms. The van der Waals surface area contributed by atoms with E-state index in [9.17, 15) is 14.4 Å². The Bertz CT molecular complexity index is 612. The number of carbonyl (C=O) groups is 3. The lowest BCUT2D eigenvalue weighted by atomic mass is 9.97. The molecule has 0 spiro atoms. The fourth-order valence-electron chi connectivity index (χ4n) is 2.91. The number of anilines is 1. The van der Waals surface area contributed by atoms with Gasteiger partial charge >= 0.3 is 0 Å². The molecule has 0 saturated heterocycles. The van der Waals surface area contributed by atoms with Crippen LogP contribution in [0.4, 0.5) is 5.69 Å². The Morgan fingerprint density at radius 3 is 2.57 bits per heavy atom. The largest absolute Gasteiger partial charge is 0.332 e. The van der Waals surface area contributed by atoms with Crippen LogP contribution in [0.2, 0.25) is 0 Å². The zero-order valence-corrected chi connectivity index (χ0v) is 14.0. The maximum Gasteiger partial charge on any atom is 0.256 e. The maximum atomic E-state index is 12.9. The molecule has 23 heavy (non-hydrogen) atoms. The van der Waals surface area contributed by atoms with E-state index in [-0.39, 0.29) is 30.2 Å². The molecule has 0 unspecified atom stereocenters. The summed E-state index contributed by atoms with van der Waals surface area (Å²) in [5.74, 6) is -0.955. The van der Waals surface area contributed by atoms with Crippen molar-refractivity contribution in [1.82, 2.24) is 4.90 Å². The Balaban J connectivity index is 2.43. The molecule has 124 valence electrons. The summed E-state index contributed by atoms with van der Waals surface area (Å²) in [6.07, 6.45) is 3.42. The highest BCUT2D eigenvalue weighted by atomic mass is 16.2. The van der Waals surface area contributed by atoms with Gasteiger partial charge in [-0.3, -0.25) is 14.4 Å². The highest BCUT2D eigenvalue weighted by Gasteiger charge is 2.35. The number of carbonyl (C=O) groups excluding carboxylic acids is 3. The van der Waals surface area contributed by atoms with E-state index in [1.807, 2.05) is 6.92 Å². The van der Waals surface area contributed by atoms with Crippen molar-refractivity contribution in [1.29, 1.82) is 0 Å². The van der Waals surface area contributed by atoms with Crippen LogP contribution in [-0.4, -0.2) is 36.2 Å². The lowest BCUT2D eigenvalue weighted by Gasteiger charge is -2.25.